The van der Waals surface area contributed by atoms with Crippen LogP contribution in [0.25, 0.3) is 11.3 Å². The van der Waals surface area contributed by atoms with Gasteiger partial charge in [-0.05, 0) is 25.4 Å². The van der Waals surface area contributed by atoms with Crippen molar-refractivity contribution in [3.8, 4) is 11.3 Å². The Hall–Kier alpha value is -3.34. The van der Waals surface area contributed by atoms with Crippen LogP contribution in [0.3, 0.4) is 0 Å². The van der Waals surface area contributed by atoms with E-state index in [0.717, 1.165) is 27.7 Å². The molecule has 0 spiro atoms. The molecule has 12 nitrogen and oxygen atoms in total. The van der Waals surface area contributed by atoms with Gasteiger partial charge < -0.3 is 20.1 Å². The Balaban J connectivity index is 1.32. The summed E-state index contributed by atoms with van der Waals surface area (Å²) >= 11 is 5.03. The molecule has 3 aromatic heterocycles. The molecule has 16 heteroatoms. The number of oxime groups is 1. The number of β-lactam (4-membered cyclic amide) rings is 1. The van der Waals surface area contributed by atoms with Gasteiger partial charge in [0.15, 0.2) is 16.7 Å². The van der Waals surface area contributed by atoms with Crippen LogP contribution in [0.2, 0.25) is 0 Å². The van der Waals surface area contributed by atoms with Crippen molar-refractivity contribution in [3.05, 3.63) is 51.3 Å². The van der Waals surface area contributed by atoms with Crippen LogP contribution in [0.5, 0.6) is 0 Å². The predicted molar refractivity (Wildman–Crippen MR) is 144 cm³/mol. The Bertz CT molecular complexity index is 1500. The van der Waals surface area contributed by atoms with Gasteiger partial charge in [-0.3, -0.25) is 14.5 Å². The maximum absolute atomic E-state index is 13.1. The zero-order valence-corrected chi connectivity index (χ0v) is 24.1. The lowest BCUT2D eigenvalue weighted by molar-refractivity contribution is -0.671. The van der Waals surface area contributed by atoms with E-state index in [0.29, 0.717) is 20.0 Å². The number of aliphatic carboxylic acids is 1. The average molecular weight is 604 g/mol. The number of carboxylic acid groups (broad SMARTS) is 1. The smallest absolute Gasteiger partial charge is 0.278 e. The van der Waals surface area contributed by atoms with Crippen LogP contribution in [0.15, 0.2) is 50.0 Å². The molecule has 0 aliphatic carbocycles. The fourth-order valence-electron chi connectivity index (χ4n) is 3.79. The largest absolute Gasteiger partial charge is 0.543 e. The monoisotopic (exact) mass is 603 g/mol. The molecule has 5 rings (SSSR count). The van der Waals surface area contributed by atoms with Gasteiger partial charge in [-0.15, -0.1) is 23.1 Å². The second kappa shape index (κ2) is 11.4. The normalized spacial score (nSPS) is 19.0. The molecule has 0 unspecified atom stereocenters. The SMILES string of the molecule is CCO/N=C(\C(=O)N[C@@H]1C(=O)N2C(C(=O)[O-])=C(Sc3nc(-c4cc[n+](C)cc4)cs3)CS[C@H]12)c1nsc(C)n1. The summed E-state index contributed by atoms with van der Waals surface area (Å²) in [6.07, 6.45) is 3.84. The first-order chi connectivity index (χ1) is 18.8. The van der Waals surface area contributed by atoms with Gasteiger partial charge in [0.05, 0.1) is 17.4 Å². The van der Waals surface area contributed by atoms with Crippen LogP contribution in [-0.4, -0.2) is 66.5 Å². The van der Waals surface area contributed by atoms with E-state index in [4.69, 9.17) is 4.84 Å². The number of carbonyl (C=O) groups excluding carboxylic acids is 3. The van der Waals surface area contributed by atoms with Crippen LogP contribution in [-0.2, 0) is 26.3 Å². The molecule has 2 aliphatic heterocycles. The highest BCUT2D eigenvalue weighted by Crippen LogP contribution is 2.45. The molecule has 0 radical (unpaired) electrons. The first-order valence-corrected chi connectivity index (χ1v) is 15.1. The highest BCUT2D eigenvalue weighted by Gasteiger charge is 2.53. The zero-order chi connectivity index (χ0) is 27.7. The summed E-state index contributed by atoms with van der Waals surface area (Å²) in [5.41, 5.74) is 1.35. The van der Waals surface area contributed by atoms with Gasteiger partial charge >= 0.3 is 0 Å². The highest BCUT2D eigenvalue weighted by molar-refractivity contribution is 8.07. The number of nitrogens with zero attached hydrogens (tertiary/aromatic N) is 6. The van der Waals surface area contributed by atoms with Crippen LogP contribution in [0.1, 0.15) is 17.8 Å². The van der Waals surface area contributed by atoms with Gasteiger partial charge in [0.2, 0.25) is 11.5 Å². The summed E-state index contributed by atoms with van der Waals surface area (Å²) in [5.74, 6) is -2.33. The van der Waals surface area contributed by atoms with Crippen molar-refractivity contribution in [3.63, 3.8) is 0 Å². The number of aromatic nitrogens is 4. The fraction of sp³-hybridized carbons (Fsp3) is 0.304. The van der Waals surface area contributed by atoms with Crippen LogP contribution >= 0.6 is 46.4 Å². The Labute approximate surface area is 239 Å². The van der Waals surface area contributed by atoms with E-state index >= 15 is 0 Å². The van der Waals surface area contributed by atoms with Crippen molar-refractivity contribution in [2.24, 2.45) is 12.2 Å². The molecule has 2 atom stereocenters. The van der Waals surface area contributed by atoms with E-state index in [1.54, 1.807) is 13.8 Å². The van der Waals surface area contributed by atoms with Crippen molar-refractivity contribution in [1.82, 2.24) is 24.6 Å². The molecule has 1 fully saturated rings. The van der Waals surface area contributed by atoms with Crippen molar-refractivity contribution >= 4 is 69.9 Å². The fourth-order valence-corrected chi connectivity index (χ4v) is 7.72. The van der Waals surface area contributed by atoms with Crippen molar-refractivity contribution in [2.75, 3.05) is 12.4 Å². The molecular formula is C23H21N7O5S4. The van der Waals surface area contributed by atoms with Gasteiger partial charge in [0.1, 0.15) is 30.1 Å². The minimum atomic E-state index is -1.46. The van der Waals surface area contributed by atoms with E-state index in [1.807, 2.05) is 41.5 Å². The van der Waals surface area contributed by atoms with E-state index in [9.17, 15) is 19.5 Å². The summed E-state index contributed by atoms with van der Waals surface area (Å²) in [6, 6.07) is 2.93. The zero-order valence-electron chi connectivity index (χ0n) is 20.8. The summed E-state index contributed by atoms with van der Waals surface area (Å²) in [4.78, 5) is 53.7. The second-order valence-electron chi connectivity index (χ2n) is 8.27. The van der Waals surface area contributed by atoms with Gasteiger partial charge in [0.25, 0.3) is 11.8 Å². The van der Waals surface area contributed by atoms with Crippen molar-refractivity contribution in [1.29, 1.82) is 0 Å². The molecule has 2 amide bonds. The van der Waals surface area contributed by atoms with Crippen LogP contribution in [0.4, 0.5) is 0 Å². The number of nitrogens with one attached hydrogen (secondary N) is 1. The Kier molecular flexibility index (Phi) is 7.97. The number of carbonyl (C=O) groups is 3. The Morgan fingerprint density at radius 1 is 1.33 bits per heavy atom. The molecule has 0 aromatic carbocycles. The number of rotatable bonds is 9. The molecule has 1 saturated heterocycles. The molecule has 3 aromatic rings. The van der Waals surface area contributed by atoms with E-state index in [1.165, 1.54) is 34.9 Å². The molecule has 0 bridgehead atoms. The third-order valence-corrected chi connectivity index (χ3v) is 9.73. The van der Waals surface area contributed by atoms with E-state index in [-0.39, 0.29) is 23.8 Å². The third kappa shape index (κ3) is 5.54. The molecule has 5 heterocycles. The number of fused-ring (bicyclic) bond motifs is 1. The summed E-state index contributed by atoms with van der Waals surface area (Å²) < 4.78 is 6.67. The predicted octanol–water partition coefficient (Wildman–Crippen LogP) is 0.689. The summed E-state index contributed by atoms with van der Waals surface area (Å²) in [6.45, 7) is 3.67. The molecule has 2 aliphatic rings. The number of aryl methyl sites for hydroxylation is 2. The van der Waals surface area contributed by atoms with Crippen molar-refractivity contribution in [2.45, 2.75) is 29.6 Å². The summed E-state index contributed by atoms with van der Waals surface area (Å²) in [7, 11) is 1.92. The summed E-state index contributed by atoms with van der Waals surface area (Å²) in [5, 5.41) is 20.5. The standard InChI is InChI=1S/C23H21N7O5S4/c1-4-35-27-15(18-24-11(2)39-28-18)19(31)26-16-20(32)30-17(22(33)34)14(10-36-21(16)30)38-23-25-13(9-37-23)12-5-7-29(3)8-6-12/h5-9,16,21H,4,10H2,1-3H3,(H-,26,31,33,34)/b27-15-/t16-,21-/m1/s1. The number of hydrogen-bond donors (Lipinski definition) is 1. The first kappa shape index (κ1) is 27.2. The Morgan fingerprint density at radius 2 is 2.10 bits per heavy atom. The van der Waals surface area contributed by atoms with E-state index < -0.39 is 29.2 Å². The maximum Gasteiger partial charge on any atom is 0.278 e. The van der Waals surface area contributed by atoms with Crippen LogP contribution in [0, 0.1) is 6.92 Å². The number of amides is 2. The van der Waals surface area contributed by atoms with Gasteiger partial charge in [-0.2, -0.15) is 4.37 Å². The third-order valence-electron chi connectivity index (χ3n) is 5.62. The van der Waals surface area contributed by atoms with Crippen molar-refractivity contribution < 1.29 is 28.9 Å². The molecule has 0 saturated carbocycles. The lowest BCUT2D eigenvalue weighted by Crippen LogP contribution is -2.71. The number of thioether (sulfide) groups is 2. The molecular weight excluding hydrogens is 583 g/mol. The molecule has 39 heavy (non-hydrogen) atoms. The number of hydrogen-bond acceptors (Lipinski definition) is 13. The first-order valence-electron chi connectivity index (χ1n) is 11.6. The number of carboxylic acids is 1. The second-order valence-corrected chi connectivity index (χ2v) is 12.5. The maximum atomic E-state index is 13.1. The quantitative estimate of drug-likeness (QED) is 0.160. The number of thiazole rings is 1. The molecule has 1 N–H and O–H groups in total. The lowest BCUT2D eigenvalue weighted by Gasteiger charge is -2.50. The topological polar surface area (TPSA) is 154 Å². The minimum absolute atomic E-state index is 0.0876. The van der Waals surface area contributed by atoms with Gasteiger partial charge in [-0.25, -0.2) is 14.5 Å². The highest BCUT2D eigenvalue weighted by atomic mass is 32.2. The molecule has 202 valence electrons. The lowest BCUT2D eigenvalue weighted by atomic mass is 10.0. The minimum Gasteiger partial charge on any atom is -0.543 e. The van der Waals surface area contributed by atoms with Gasteiger partial charge in [0, 0.05) is 33.7 Å². The van der Waals surface area contributed by atoms with E-state index in [2.05, 4.69) is 24.8 Å². The average Bonchev–Trinajstić information content (AvgIpc) is 3.56. The number of pyridine rings is 1. The van der Waals surface area contributed by atoms with Crippen LogP contribution < -0.4 is 15.0 Å². The Morgan fingerprint density at radius 3 is 2.77 bits per heavy atom. The van der Waals surface area contributed by atoms with Gasteiger partial charge in [-0.1, -0.05) is 16.9 Å².